The molecule has 11 N–H and O–H groups in total. The second kappa shape index (κ2) is 12.2. The van der Waals surface area contributed by atoms with Gasteiger partial charge in [-0.3, -0.25) is 19.4 Å². The summed E-state index contributed by atoms with van der Waals surface area (Å²) in [5, 5.41) is 24.1. The zero-order valence-corrected chi connectivity index (χ0v) is 18.4. The number of para-hydroxylation sites is 1. The Labute approximate surface area is 194 Å². The second-order valence-electron chi connectivity index (χ2n) is 7.68. The van der Waals surface area contributed by atoms with Crippen LogP contribution < -0.4 is 27.8 Å². The molecule has 0 aliphatic rings. The van der Waals surface area contributed by atoms with Crippen LogP contribution >= 0.6 is 0 Å². The average molecular weight is 476 g/mol. The molecule has 1 heterocycles. The third-order valence-corrected chi connectivity index (χ3v) is 5.02. The summed E-state index contributed by atoms with van der Waals surface area (Å²) in [6, 6.07) is 3.48. The summed E-state index contributed by atoms with van der Waals surface area (Å²) in [5.41, 5.74) is 17.6. The van der Waals surface area contributed by atoms with Crippen molar-refractivity contribution in [3.05, 3.63) is 36.0 Å². The van der Waals surface area contributed by atoms with Crippen molar-refractivity contribution < 1.29 is 29.4 Å². The van der Waals surface area contributed by atoms with Gasteiger partial charge in [0.2, 0.25) is 11.8 Å². The first-order chi connectivity index (χ1) is 16.1. The molecular formula is C21H29N7O6. The lowest BCUT2D eigenvalue weighted by Crippen LogP contribution is -2.55. The molecule has 0 aliphatic heterocycles. The quantitative estimate of drug-likeness (QED) is 0.0965. The van der Waals surface area contributed by atoms with Crippen molar-refractivity contribution in [2.45, 2.75) is 43.8 Å². The maximum absolute atomic E-state index is 13.0. The van der Waals surface area contributed by atoms with Crippen molar-refractivity contribution in [2.24, 2.45) is 22.2 Å². The molecule has 0 unspecified atom stereocenters. The summed E-state index contributed by atoms with van der Waals surface area (Å²) in [6.45, 7) is 0.182. The number of aromatic nitrogens is 1. The number of H-pyrrole nitrogens is 1. The molecule has 0 saturated carbocycles. The minimum Gasteiger partial charge on any atom is -0.481 e. The SMILES string of the molecule is NC(N)=NCCC[C@H](NC(=O)[C@H](Cc1c[nH]c2ccccc12)NC(=O)[C@@H](N)CC(=O)O)C(=O)O. The van der Waals surface area contributed by atoms with Gasteiger partial charge in [-0.05, 0) is 24.5 Å². The smallest absolute Gasteiger partial charge is 0.326 e. The first kappa shape index (κ1) is 26.1. The molecule has 2 rings (SSSR count). The first-order valence-corrected chi connectivity index (χ1v) is 10.5. The van der Waals surface area contributed by atoms with E-state index in [9.17, 15) is 24.3 Å². The minimum atomic E-state index is -1.38. The van der Waals surface area contributed by atoms with E-state index in [2.05, 4.69) is 20.6 Å². The molecule has 0 spiro atoms. The van der Waals surface area contributed by atoms with Gasteiger partial charge in [-0.1, -0.05) is 18.2 Å². The van der Waals surface area contributed by atoms with Crippen LogP contribution in [-0.4, -0.2) is 69.6 Å². The van der Waals surface area contributed by atoms with Crippen LogP contribution in [0.4, 0.5) is 0 Å². The number of nitrogens with zero attached hydrogens (tertiary/aromatic N) is 1. The van der Waals surface area contributed by atoms with Gasteiger partial charge in [0.15, 0.2) is 5.96 Å². The summed E-state index contributed by atoms with van der Waals surface area (Å²) in [5.74, 6) is -4.27. The van der Waals surface area contributed by atoms with Gasteiger partial charge in [-0.25, -0.2) is 4.79 Å². The lowest BCUT2D eigenvalue weighted by atomic mass is 10.0. The standard InChI is InChI=1S/C21H29N7O6/c22-13(9-17(29)30)18(31)28-16(8-11-10-26-14-5-2-1-4-12(11)14)19(32)27-15(20(33)34)6-3-7-25-21(23)24/h1-2,4-5,10,13,15-16,26H,3,6-9,22H2,(H,27,32)(H,28,31)(H,29,30)(H,33,34)(H4,23,24,25)/t13-,15-,16-/m0/s1. The van der Waals surface area contributed by atoms with Gasteiger partial charge in [0.25, 0.3) is 0 Å². The molecule has 2 aromatic rings. The molecule has 184 valence electrons. The van der Waals surface area contributed by atoms with Crippen LogP contribution in [0, 0.1) is 0 Å². The third kappa shape index (κ3) is 7.78. The fraction of sp³-hybridized carbons (Fsp3) is 0.381. The summed E-state index contributed by atoms with van der Waals surface area (Å²) < 4.78 is 0. The van der Waals surface area contributed by atoms with Crippen molar-refractivity contribution in [1.29, 1.82) is 0 Å². The molecule has 34 heavy (non-hydrogen) atoms. The molecular weight excluding hydrogens is 446 g/mol. The molecule has 0 saturated heterocycles. The Morgan fingerprint density at radius 3 is 2.35 bits per heavy atom. The van der Waals surface area contributed by atoms with Crippen molar-refractivity contribution >= 4 is 40.6 Å². The Kier molecular flexibility index (Phi) is 9.38. The van der Waals surface area contributed by atoms with Gasteiger partial charge in [0.1, 0.15) is 12.1 Å². The highest BCUT2D eigenvalue weighted by atomic mass is 16.4. The lowest BCUT2D eigenvalue weighted by molar-refractivity contribution is -0.143. The molecule has 3 atom stereocenters. The van der Waals surface area contributed by atoms with E-state index in [0.29, 0.717) is 5.56 Å². The number of benzene rings is 1. The topological polar surface area (TPSA) is 239 Å². The van der Waals surface area contributed by atoms with E-state index in [1.807, 2.05) is 24.3 Å². The van der Waals surface area contributed by atoms with E-state index in [0.717, 1.165) is 10.9 Å². The fourth-order valence-corrected chi connectivity index (χ4v) is 3.32. The molecule has 0 aliphatic carbocycles. The van der Waals surface area contributed by atoms with Crippen LogP contribution in [0.15, 0.2) is 35.5 Å². The summed E-state index contributed by atoms with van der Waals surface area (Å²) >= 11 is 0. The number of carboxylic acids is 2. The molecule has 1 aromatic carbocycles. The van der Waals surface area contributed by atoms with Crippen LogP contribution in [-0.2, 0) is 25.6 Å². The van der Waals surface area contributed by atoms with Gasteiger partial charge in [-0.15, -0.1) is 0 Å². The largest absolute Gasteiger partial charge is 0.481 e. The number of hydrogen-bond acceptors (Lipinski definition) is 6. The lowest BCUT2D eigenvalue weighted by Gasteiger charge is -2.22. The predicted octanol–water partition coefficient (Wildman–Crippen LogP) is -1.38. The van der Waals surface area contributed by atoms with Gasteiger partial charge in [-0.2, -0.15) is 0 Å². The number of aliphatic carboxylic acids is 2. The number of aliphatic imine (C=N–C) groups is 1. The zero-order chi connectivity index (χ0) is 25.3. The van der Waals surface area contributed by atoms with Crippen LogP contribution in [0.2, 0.25) is 0 Å². The second-order valence-corrected chi connectivity index (χ2v) is 7.68. The fourth-order valence-electron chi connectivity index (χ4n) is 3.32. The highest BCUT2D eigenvalue weighted by molar-refractivity contribution is 5.93. The minimum absolute atomic E-state index is 0.0156. The molecule has 0 bridgehead atoms. The normalized spacial score (nSPS) is 13.4. The van der Waals surface area contributed by atoms with E-state index in [1.165, 1.54) is 0 Å². The zero-order valence-electron chi connectivity index (χ0n) is 18.4. The number of aromatic amines is 1. The summed E-state index contributed by atoms with van der Waals surface area (Å²) in [4.78, 5) is 54.8. The molecule has 2 amide bonds. The number of nitrogens with one attached hydrogen (secondary N) is 3. The number of guanidine groups is 1. The molecule has 0 radical (unpaired) electrons. The average Bonchev–Trinajstić information content (AvgIpc) is 3.17. The maximum Gasteiger partial charge on any atom is 0.326 e. The number of rotatable bonds is 13. The number of carboxylic acid groups (broad SMARTS) is 2. The van der Waals surface area contributed by atoms with E-state index < -0.39 is 48.3 Å². The van der Waals surface area contributed by atoms with E-state index >= 15 is 0 Å². The Morgan fingerprint density at radius 2 is 1.71 bits per heavy atom. The number of carbonyl (C=O) groups excluding carboxylic acids is 2. The van der Waals surface area contributed by atoms with E-state index in [1.54, 1.807) is 6.20 Å². The van der Waals surface area contributed by atoms with Gasteiger partial charge in [0.05, 0.1) is 12.5 Å². The number of carbonyl (C=O) groups is 4. The highest BCUT2D eigenvalue weighted by Crippen LogP contribution is 2.19. The van der Waals surface area contributed by atoms with E-state index in [-0.39, 0.29) is 31.8 Å². The van der Waals surface area contributed by atoms with Gasteiger partial charge < -0.3 is 43.0 Å². The van der Waals surface area contributed by atoms with E-state index in [4.69, 9.17) is 22.3 Å². The molecule has 13 heteroatoms. The summed E-state index contributed by atoms with van der Waals surface area (Å²) in [6.07, 6.45) is 1.40. The van der Waals surface area contributed by atoms with Crippen LogP contribution in [0.3, 0.4) is 0 Å². The first-order valence-electron chi connectivity index (χ1n) is 10.5. The Morgan fingerprint density at radius 1 is 1.03 bits per heavy atom. The number of hydrogen-bond donors (Lipinski definition) is 8. The van der Waals surface area contributed by atoms with Crippen LogP contribution in [0.5, 0.6) is 0 Å². The number of amides is 2. The number of fused-ring (bicyclic) bond motifs is 1. The molecule has 13 nitrogen and oxygen atoms in total. The maximum atomic E-state index is 13.0. The third-order valence-electron chi connectivity index (χ3n) is 5.02. The van der Waals surface area contributed by atoms with Gasteiger partial charge >= 0.3 is 11.9 Å². The van der Waals surface area contributed by atoms with Crippen LogP contribution in [0.25, 0.3) is 10.9 Å². The Bertz CT molecular complexity index is 1060. The molecule has 1 aromatic heterocycles. The monoisotopic (exact) mass is 475 g/mol. The van der Waals surface area contributed by atoms with Crippen molar-refractivity contribution in [3.63, 3.8) is 0 Å². The van der Waals surface area contributed by atoms with Crippen molar-refractivity contribution in [3.8, 4) is 0 Å². The van der Waals surface area contributed by atoms with Crippen molar-refractivity contribution in [1.82, 2.24) is 15.6 Å². The molecule has 0 fully saturated rings. The van der Waals surface area contributed by atoms with Crippen molar-refractivity contribution in [2.75, 3.05) is 6.54 Å². The Balaban J connectivity index is 2.19. The van der Waals surface area contributed by atoms with Gasteiger partial charge in [0, 0.05) is 30.1 Å². The summed E-state index contributed by atoms with van der Waals surface area (Å²) in [7, 11) is 0. The highest BCUT2D eigenvalue weighted by Gasteiger charge is 2.29. The predicted molar refractivity (Wildman–Crippen MR) is 124 cm³/mol. The van der Waals surface area contributed by atoms with Crippen LogP contribution in [0.1, 0.15) is 24.8 Å². The Hall–Kier alpha value is -4.13. The number of nitrogens with two attached hydrogens (primary N) is 3.